The summed E-state index contributed by atoms with van der Waals surface area (Å²) >= 11 is 0. The lowest BCUT2D eigenvalue weighted by atomic mass is 10.1. The Hall–Kier alpha value is -0.980. The van der Waals surface area contributed by atoms with Gasteiger partial charge in [0.05, 0.1) is 4.90 Å². The molecule has 18 heavy (non-hydrogen) atoms. The smallest absolute Gasteiger partial charge is 0.241 e. The second-order valence-corrected chi connectivity index (χ2v) is 6.30. The molecule has 0 amide bonds. The van der Waals surface area contributed by atoms with Gasteiger partial charge >= 0.3 is 0 Å². The van der Waals surface area contributed by atoms with Gasteiger partial charge in [-0.1, -0.05) is 13.8 Å². The van der Waals surface area contributed by atoms with Crippen molar-refractivity contribution in [2.24, 2.45) is 11.7 Å². The van der Waals surface area contributed by atoms with Gasteiger partial charge in [0.2, 0.25) is 10.0 Å². The van der Waals surface area contributed by atoms with Crippen LogP contribution in [0.25, 0.3) is 0 Å². The first-order valence-corrected chi connectivity index (χ1v) is 7.24. The number of benzene rings is 1. The molecule has 4 nitrogen and oxygen atoms in total. The van der Waals surface area contributed by atoms with Crippen LogP contribution in [0.4, 0.5) is 4.39 Å². The zero-order valence-electron chi connectivity index (χ0n) is 10.8. The Bertz CT molecular complexity index is 515. The van der Waals surface area contributed by atoms with Gasteiger partial charge < -0.3 is 5.73 Å². The molecular weight excluding hydrogens is 255 g/mol. The van der Waals surface area contributed by atoms with E-state index in [-0.39, 0.29) is 23.4 Å². The van der Waals surface area contributed by atoms with Crippen LogP contribution in [0, 0.1) is 18.7 Å². The van der Waals surface area contributed by atoms with Crippen LogP contribution in [0.3, 0.4) is 0 Å². The fraction of sp³-hybridized carbons (Fsp3) is 0.500. The molecule has 1 aromatic rings. The molecule has 0 fully saturated rings. The van der Waals surface area contributed by atoms with Crippen LogP contribution in [0.2, 0.25) is 0 Å². The number of sulfonamides is 1. The second-order valence-electron chi connectivity index (χ2n) is 4.62. The maximum atomic E-state index is 13.0. The Morgan fingerprint density at radius 1 is 1.39 bits per heavy atom. The van der Waals surface area contributed by atoms with E-state index in [1.165, 1.54) is 12.1 Å². The first-order valence-electron chi connectivity index (χ1n) is 5.76. The lowest BCUT2D eigenvalue weighted by Gasteiger charge is -2.21. The molecule has 6 heteroatoms. The first-order chi connectivity index (χ1) is 8.27. The van der Waals surface area contributed by atoms with Crippen molar-refractivity contribution in [2.45, 2.75) is 31.7 Å². The van der Waals surface area contributed by atoms with E-state index in [0.29, 0.717) is 5.56 Å². The van der Waals surface area contributed by atoms with Crippen LogP contribution in [-0.4, -0.2) is 21.0 Å². The first kappa shape index (κ1) is 15.1. The van der Waals surface area contributed by atoms with Gasteiger partial charge in [-0.2, -0.15) is 0 Å². The highest BCUT2D eigenvalue weighted by molar-refractivity contribution is 7.89. The third-order valence-electron chi connectivity index (χ3n) is 2.79. The minimum Gasteiger partial charge on any atom is -0.329 e. The van der Waals surface area contributed by atoms with Gasteiger partial charge in [-0.25, -0.2) is 17.5 Å². The van der Waals surface area contributed by atoms with Gasteiger partial charge in [0.15, 0.2) is 0 Å². The number of aryl methyl sites for hydroxylation is 1. The molecule has 1 rings (SSSR count). The molecule has 3 N–H and O–H groups in total. The average Bonchev–Trinajstić information content (AvgIpc) is 2.24. The van der Waals surface area contributed by atoms with E-state index in [1.807, 2.05) is 13.8 Å². The largest absolute Gasteiger partial charge is 0.329 e. The summed E-state index contributed by atoms with van der Waals surface area (Å²) in [4.78, 5) is 0.0861. The molecule has 102 valence electrons. The van der Waals surface area contributed by atoms with Crippen molar-refractivity contribution in [1.29, 1.82) is 0 Å². The van der Waals surface area contributed by atoms with Crippen LogP contribution in [0.1, 0.15) is 19.4 Å². The minimum atomic E-state index is -3.66. The molecule has 0 aliphatic heterocycles. The predicted octanol–water partition coefficient (Wildman–Crippen LogP) is 1.40. The summed E-state index contributed by atoms with van der Waals surface area (Å²) in [5.74, 6) is -0.365. The van der Waals surface area contributed by atoms with Crippen molar-refractivity contribution in [1.82, 2.24) is 4.72 Å². The summed E-state index contributed by atoms with van der Waals surface area (Å²) in [7, 11) is -3.66. The summed E-state index contributed by atoms with van der Waals surface area (Å²) in [6.07, 6.45) is 0. The normalized spacial score (nSPS) is 13.9. The van der Waals surface area contributed by atoms with E-state index in [0.717, 1.165) is 6.07 Å². The summed E-state index contributed by atoms with van der Waals surface area (Å²) in [5.41, 5.74) is 5.91. The van der Waals surface area contributed by atoms with Gasteiger partial charge in [-0.3, -0.25) is 0 Å². The number of rotatable bonds is 5. The maximum Gasteiger partial charge on any atom is 0.241 e. The van der Waals surface area contributed by atoms with Gasteiger partial charge in [-0.05, 0) is 36.6 Å². The second kappa shape index (κ2) is 5.77. The Morgan fingerprint density at radius 2 is 2.00 bits per heavy atom. The Labute approximate surface area is 107 Å². The SMILES string of the molecule is Cc1cc(F)ccc1S(=O)(=O)NC(CN)C(C)C. The van der Waals surface area contributed by atoms with E-state index < -0.39 is 15.8 Å². The van der Waals surface area contributed by atoms with Crippen LogP contribution in [0.5, 0.6) is 0 Å². The monoisotopic (exact) mass is 274 g/mol. The Balaban J connectivity index is 3.06. The molecule has 0 aliphatic rings. The summed E-state index contributed by atoms with van der Waals surface area (Å²) in [6, 6.07) is 3.26. The molecule has 1 aromatic carbocycles. The molecule has 1 atom stereocenters. The standard InChI is InChI=1S/C12H19FN2O2S/c1-8(2)11(7-14)15-18(16,17)12-5-4-10(13)6-9(12)3/h4-6,8,11,15H,7,14H2,1-3H3. The third kappa shape index (κ3) is 3.51. The summed E-state index contributed by atoms with van der Waals surface area (Å²) in [5, 5.41) is 0. The van der Waals surface area contributed by atoms with Crippen molar-refractivity contribution in [2.75, 3.05) is 6.54 Å². The van der Waals surface area contributed by atoms with E-state index in [1.54, 1.807) is 6.92 Å². The topological polar surface area (TPSA) is 72.2 Å². The molecule has 0 bridgehead atoms. The highest BCUT2D eigenvalue weighted by Gasteiger charge is 2.22. The molecule has 0 saturated heterocycles. The lowest BCUT2D eigenvalue weighted by molar-refractivity contribution is 0.454. The molecule has 1 unspecified atom stereocenters. The predicted molar refractivity (Wildman–Crippen MR) is 69.1 cm³/mol. The van der Waals surface area contributed by atoms with E-state index in [2.05, 4.69) is 4.72 Å². The average molecular weight is 274 g/mol. The number of halogens is 1. The maximum absolute atomic E-state index is 13.0. The molecule has 0 radical (unpaired) electrons. The Morgan fingerprint density at radius 3 is 2.44 bits per heavy atom. The van der Waals surface area contributed by atoms with E-state index in [4.69, 9.17) is 5.73 Å². The third-order valence-corrected chi connectivity index (χ3v) is 4.44. The van der Waals surface area contributed by atoms with Gasteiger partial charge in [-0.15, -0.1) is 0 Å². The van der Waals surface area contributed by atoms with Crippen molar-refractivity contribution in [3.8, 4) is 0 Å². The zero-order chi connectivity index (χ0) is 13.9. The van der Waals surface area contributed by atoms with Crippen molar-refractivity contribution in [3.05, 3.63) is 29.6 Å². The van der Waals surface area contributed by atoms with Gasteiger partial charge in [0.25, 0.3) is 0 Å². The summed E-state index contributed by atoms with van der Waals surface area (Å²) < 4.78 is 39.8. The van der Waals surface area contributed by atoms with Crippen LogP contribution in [0.15, 0.2) is 23.1 Å². The van der Waals surface area contributed by atoms with Crippen molar-refractivity contribution in [3.63, 3.8) is 0 Å². The van der Waals surface area contributed by atoms with E-state index in [9.17, 15) is 12.8 Å². The highest BCUT2D eigenvalue weighted by atomic mass is 32.2. The van der Waals surface area contributed by atoms with Crippen molar-refractivity contribution < 1.29 is 12.8 Å². The number of hydrogen-bond acceptors (Lipinski definition) is 3. The van der Waals surface area contributed by atoms with Crippen LogP contribution >= 0.6 is 0 Å². The summed E-state index contributed by atoms with van der Waals surface area (Å²) in [6.45, 7) is 5.55. The molecule has 0 heterocycles. The molecule has 0 aliphatic carbocycles. The molecular formula is C12H19FN2O2S. The molecule has 0 aromatic heterocycles. The highest BCUT2D eigenvalue weighted by Crippen LogP contribution is 2.17. The number of hydrogen-bond donors (Lipinski definition) is 2. The van der Waals surface area contributed by atoms with Gasteiger partial charge in [0, 0.05) is 12.6 Å². The minimum absolute atomic E-state index is 0.0861. The van der Waals surface area contributed by atoms with E-state index >= 15 is 0 Å². The zero-order valence-corrected chi connectivity index (χ0v) is 11.6. The lowest BCUT2D eigenvalue weighted by Crippen LogP contribution is -2.43. The molecule has 0 saturated carbocycles. The van der Waals surface area contributed by atoms with Crippen molar-refractivity contribution >= 4 is 10.0 Å². The quantitative estimate of drug-likeness (QED) is 0.852. The molecule has 0 spiro atoms. The van der Waals surface area contributed by atoms with Gasteiger partial charge in [0.1, 0.15) is 5.82 Å². The number of nitrogens with one attached hydrogen (secondary N) is 1. The Kier molecular flexibility index (Phi) is 4.84. The number of nitrogens with two attached hydrogens (primary N) is 1. The fourth-order valence-electron chi connectivity index (χ4n) is 1.63. The van der Waals surface area contributed by atoms with Crippen LogP contribution in [-0.2, 0) is 10.0 Å². The fourth-order valence-corrected chi connectivity index (χ4v) is 3.26. The van der Waals surface area contributed by atoms with Crippen LogP contribution < -0.4 is 10.5 Å².